The fourth-order valence-electron chi connectivity index (χ4n) is 3.27. The van der Waals surface area contributed by atoms with Crippen molar-refractivity contribution in [2.75, 3.05) is 23.3 Å². The molecular formula is C21H20F3N3O3. The lowest BCUT2D eigenvalue weighted by atomic mass is 10.1. The Labute approximate surface area is 171 Å². The molecule has 0 saturated carbocycles. The average Bonchev–Trinajstić information content (AvgIpc) is 3.10. The van der Waals surface area contributed by atoms with Gasteiger partial charge in [-0.05, 0) is 43.2 Å². The van der Waals surface area contributed by atoms with Crippen molar-refractivity contribution in [1.82, 2.24) is 5.32 Å². The lowest BCUT2D eigenvalue weighted by molar-refractivity contribution is -0.127. The van der Waals surface area contributed by atoms with E-state index in [-0.39, 0.29) is 18.9 Å². The molecule has 2 N–H and O–H groups in total. The molecule has 0 aliphatic carbocycles. The van der Waals surface area contributed by atoms with Crippen molar-refractivity contribution in [1.29, 1.82) is 0 Å². The first kappa shape index (κ1) is 21.4. The summed E-state index contributed by atoms with van der Waals surface area (Å²) in [5, 5.41) is 4.46. The predicted molar refractivity (Wildman–Crippen MR) is 104 cm³/mol. The number of carbonyl (C=O) groups is 3. The molecule has 9 heteroatoms. The van der Waals surface area contributed by atoms with E-state index < -0.39 is 47.4 Å². The molecule has 1 fully saturated rings. The van der Waals surface area contributed by atoms with Crippen molar-refractivity contribution in [3.05, 3.63) is 58.9 Å². The lowest BCUT2D eigenvalue weighted by Crippen LogP contribution is -2.38. The van der Waals surface area contributed by atoms with E-state index in [0.29, 0.717) is 6.07 Å². The molecule has 0 radical (unpaired) electrons. The van der Waals surface area contributed by atoms with Gasteiger partial charge in [0.1, 0.15) is 0 Å². The first-order valence-electron chi connectivity index (χ1n) is 9.26. The quantitative estimate of drug-likeness (QED) is 0.732. The molecule has 3 amide bonds. The zero-order valence-electron chi connectivity index (χ0n) is 16.4. The fourth-order valence-corrected chi connectivity index (χ4v) is 3.27. The van der Waals surface area contributed by atoms with Gasteiger partial charge in [-0.15, -0.1) is 0 Å². The normalized spacial score (nSPS) is 16.0. The smallest absolute Gasteiger partial charge is 0.243 e. The molecule has 6 nitrogen and oxygen atoms in total. The Morgan fingerprint density at radius 1 is 1.10 bits per heavy atom. The molecule has 1 aliphatic heterocycles. The molecular weight excluding hydrogens is 399 g/mol. The van der Waals surface area contributed by atoms with Gasteiger partial charge in [0.05, 0.1) is 18.2 Å². The molecule has 1 aliphatic rings. The highest BCUT2D eigenvalue weighted by molar-refractivity contribution is 6.02. The monoisotopic (exact) mass is 419 g/mol. The minimum atomic E-state index is -1.70. The number of nitrogens with one attached hydrogen (secondary N) is 2. The summed E-state index contributed by atoms with van der Waals surface area (Å²) in [7, 11) is 0. The number of anilines is 2. The van der Waals surface area contributed by atoms with Crippen LogP contribution in [0, 0.1) is 37.2 Å². The minimum Gasteiger partial charge on any atom is -0.347 e. The molecule has 1 unspecified atom stereocenters. The van der Waals surface area contributed by atoms with Crippen LogP contribution in [0.15, 0.2) is 30.3 Å². The van der Waals surface area contributed by atoms with Crippen LogP contribution < -0.4 is 15.5 Å². The van der Waals surface area contributed by atoms with Crippen LogP contribution in [0.25, 0.3) is 0 Å². The van der Waals surface area contributed by atoms with Crippen LogP contribution in [0.4, 0.5) is 24.5 Å². The zero-order chi connectivity index (χ0) is 22.0. The molecule has 158 valence electrons. The molecule has 1 atom stereocenters. The van der Waals surface area contributed by atoms with E-state index in [9.17, 15) is 27.6 Å². The van der Waals surface area contributed by atoms with Gasteiger partial charge in [-0.25, -0.2) is 13.2 Å². The second kappa shape index (κ2) is 8.56. The van der Waals surface area contributed by atoms with Crippen LogP contribution in [0.3, 0.4) is 0 Å². The first-order chi connectivity index (χ1) is 14.2. The number of nitrogens with zero attached hydrogens (tertiary/aromatic N) is 1. The number of carbonyl (C=O) groups excluding carboxylic acids is 3. The van der Waals surface area contributed by atoms with Gasteiger partial charge in [0.15, 0.2) is 17.5 Å². The number of hydrogen-bond acceptors (Lipinski definition) is 3. The second-order valence-corrected chi connectivity index (χ2v) is 7.11. The number of aryl methyl sites for hydroxylation is 1. The Bertz CT molecular complexity index is 1030. The van der Waals surface area contributed by atoms with Crippen molar-refractivity contribution in [3.8, 4) is 0 Å². The molecule has 0 aromatic heterocycles. The minimum absolute atomic E-state index is 0.00135. The highest BCUT2D eigenvalue weighted by Crippen LogP contribution is 2.29. The third-order valence-electron chi connectivity index (χ3n) is 5.10. The Morgan fingerprint density at radius 3 is 2.57 bits per heavy atom. The van der Waals surface area contributed by atoms with Crippen molar-refractivity contribution in [3.63, 3.8) is 0 Å². The van der Waals surface area contributed by atoms with E-state index in [1.165, 1.54) is 0 Å². The maximum atomic E-state index is 13.6. The Hall–Kier alpha value is -3.36. The van der Waals surface area contributed by atoms with Crippen molar-refractivity contribution in [2.24, 2.45) is 5.92 Å². The largest absolute Gasteiger partial charge is 0.347 e. The van der Waals surface area contributed by atoms with Crippen molar-refractivity contribution < 1.29 is 27.6 Å². The molecule has 0 spiro atoms. The summed E-state index contributed by atoms with van der Waals surface area (Å²) in [6, 6.07) is 7.13. The number of benzene rings is 2. The fraction of sp³-hybridized carbons (Fsp3) is 0.286. The number of amides is 3. The van der Waals surface area contributed by atoms with Gasteiger partial charge < -0.3 is 15.5 Å². The predicted octanol–water partition coefficient (Wildman–Crippen LogP) is 2.83. The van der Waals surface area contributed by atoms with E-state index in [1.807, 2.05) is 32.0 Å². The summed E-state index contributed by atoms with van der Waals surface area (Å²) in [5.41, 5.74) is 2.17. The number of hydrogen-bond donors (Lipinski definition) is 2. The standard InChI is InChI=1S/C21H20F3N3O3/c1-11-4-3-5-16(12(11)2)27-10-13(8-18(27)29)21(30)25-9-17(28)26-15-7-6-14(22)19(23)20(15)24/h3-7,13H,8-10H2,1-2H3,(H,25,30)(H,26,28). The maximum Gasteiger partial charge on any atom is 0.243 e. The first-order valence-corrected chi connectivity index (χ1v) is 9.26. The van der Waals surface area contributed by atoms with Gasteiger partial charge in [0.2, 0.25) is 17.7 Å². The topological polar surface area (TPSA) is 78.5 Å². The molecule has 30 heavy (non-hydrogen) atoms. The zero-order valence-corrected chi connectivity index (χ0v) is 16.4. The van der Waals surface area contributed by atoms with Crippen LogP contribution in [0.5, 0.6) is 0 Å². The van der Waals surface area contributed by atoms with E-state index in [2.05, 4.69) is 10.6 Å². The molecule has 1 saturated heterocycles. The highest BCUT2D eigenvalue weighted by atomic mass is 19.2. The maximum absolute atomic E-state index is 13.6. The van der Waals surface area contributed by atoms with E-state index in [4.69, 9.17) is 0 Å². The van der Waals surface area contributed by atoms with Crippen molar-refractivity contribution >= 4 is 29.1 Å². The summed E-state index contributed by atoms with van der Waals surface area (Å²) in [5.74, 6) is -6.77. The van der Waals surface area contributed by atoms with Crippen LogP contribution in [-0.2, 0) is 14.4 Å². The SMILES string of the molecule is Cc1cccc(N2CC(C(=O)NCC(=O)Nc3ccc(F)c(F)c3F)CC2=O)c1C. The average molecular weight is 419 g/mol. The molecule has 1 heterocycles. The van der Waals surface area contributed by atoms with Gasteiger partial charge in [0, 0.05) is 18.7 Å². The van der Waals surface area contributed by atoms with Gasteiger partial charge in [-0.2, -0.15) is 0 Å². The molecule has 3 rings (SSSR count). The van der Waals surface area contributed by atoms with Gasteiger partial charge in [-0.3, -0.25) is 14.4 Å². The third kappa shape index (κ3) is 4.29. The van der Waals surface area contributed by atoms with Crippen LogP contribution in [0.2, 0.25) is 0 Å². The van der Waals surface area contributed by atoms with E-state index in [0.717, 1.165) is 22.9 Å². The van der Waals surface area contributed by atoms with E-state index >= 15 is 0 Å². The summed E-state index contributed by atoms with van der Waals surface area (Å²) in [4.78, 5) is 38.2. The third-order valence-corrected chi connectivity index (χ3v) is 5.10. The summed E-state index contributed by atoms with van der Waals surface area (Å²) in [6.45, 7) is 3.49. The van der Waals surface area contributed by atoms with Crippen LogP contribution >= 0.6 is 0 Å². The van der Waals surface area contributed by atoms with Gasteiger partial charge in [-0.1, -0.05) is 12.1 Å². The number of halogens is 3. The van der Waals surface area contributed by atoms with Gasteiger partial charge >= 0.3 is 0 Å². The van der Waals surface area contributed by atoms with Crippen molar-refractivity contribution in [2.45, 2.75) is 20.3 Å². The van der Waals surface area contributed by atoms with E-state index in [1.54, 1.807) is 4.90 Å². The summed E-state index contributed by atoms with van der Waals surface area (Å²) in [6.07, 6.45) is -0.00135. The molecule has 0 bridgehead atoms. The Balaban J connectivity index is 1.58. The number of rotatable bonds is 5. The second-order valence-electron chi connectivity index (χ2n) is 7.11. The Morgan fingerprint density at radius 2 is 1.83 bits per heavy atom. The summed E-state index contributed by atoms with van der Waals surface area (Å²) >= 11 is 0. The molecule has 2 aromatic rings. The lowest BCUT2D eigenvalue weighted by Gasteiger charge is -2.20. The van der Waals surface area contributed by atoms with Crippen LogP contribution in [0.1, 0.15) is 17.5 Å². The van der Waals surface area contributed by atoms with Crippen LogP contribution in [-0.4, -0.2) is 30.8 Å². The van der Waals surface area contributed by atoms with Gasteiger partial charge in [0.25, 0.3) is 0 Å². The highest BCUT2D eigenvalue weighted by Gasteiger charge is 2.35. The Kier molecular flexibility index (Phi) is 6.09. The molecule has 2 aromatic carbocycles. The summed E-state index contributed by atoms with van der Waals surface area (Å²) < 4.78 is 39.8.